The van der Waals surface area contributed by atoms with Gasteiger partial charge in [-0.25, -0.2) is 0 Å². The van der Waals surface area contributed by atoms with Crippen molar-refractivity contribution in [3.05, 3.63) is 35.9 Å². The van der Waals surface area contributed by atoms with Gasteiger partial charge in [-0.2, -0.15) is 0 Å². The van der Waals surface area contributed by atoms with Gasteiger partial charge in [0, 0.05) is 30.6 Å². The monoisotopic (exact) mass is 244 g/mol. The van der Waals surface area contributed by atoms with E-state index in [0.717, 1.165) is 13.1 Å². The molecule has 2 heteroatoms. The van der Waals surface area contributed by atoms with Gasteiger partial charge in [0.1, 0.15) is 0 Å². The van der Waals surface area contributed by atoms with Crippen molar-refractivity contribution in [3.63, 3.8) is 0 Å². The van der Waals surface area contributed by atoms with E-state index in [1.807, 2.05) is 0 Å². The van der Waals surface area contributed by atoms with Crippen LogP contribution in [0.2, 0.25) is 0 Å². The molecule has 1 aromatic carbocycles. The molecule has 98 valence electrons. The highest BCUT2D eigenvalue weighted by molar-refractivity contribution is 5.16. The van der Waals surface area contributed by atoms with Gasteiger partial charge >= 0.3 is 0 Å². The number of benzene rings is 1. The van der Waals surface area contributed by atoms with E-state index in [2.05, 4.69) is 42.2 Å². The zero-order valence-electron chi connectivity index (χ0n) is 11.3. The average Bonchev–Trinajstić information content (AvgIpc) is 2.95. The normalized spacial score (nSPS) is 31.2. The molecule has 1 saturated carbocycles. The summed E-state index contributed by atoms with van der Waals surface area (Å²) in [4.78, 5) is 2.59. The highest BCUT2D eigenvalue weighted by Crippen LogP contribution is 2.49. The van der Waals surface area contributed by atoms with Gasteiger partial charge in [-0.15, -0.1) is 0 Å². The second-order valence-electron chi connectivity index (χ2n) is 6.14. The second kappa shape index (κ2) is 4.67. The van der Waals surface area contributed by atoms with Gasteiger partial charge in [-0.05, 0) is 25.3 Å². The molecule has 1 aromatic rings. The first-order valence-corrected chi connectivity index (χ1v) is 7.26. The third-order valence-corrected chi connectivity index (χ3v) is 5.31. The van der Waals surface area contributed by atoms with E-state index in [1.54, 1.807) is 0 Å². The Morgan fingerprint density at radius 3 is 2.56 bits per heavy atom. The number of hydrogen-bond donors (Lipinski definition) is 1. The summed E-state index contributed by atoms with van der Waals surface area (Å²) in [5.41, 5.74) is 8.29. The van der Waals surface area contributed by atoms with Crippen LogP contribution in [0.15, 0.2) is 30.3 Å². The molecule has 1 aliphatic carbocycles. The van der Waals surface area contributed by atoms with Crippen molar-refractivity contribution in [2.24, 2.45) is 11.1 Å². The van der Waals surface area contributed by atoms with Crippen LogP contribution in [0.25, 0.3) is 0 Å². The van der Waals surface area contributed by atoms with Crippen LogP contribution >= 0.6 is 0 Å². The maximum Gasteiger partial charge on any atom is 0.0240 e. The van der Waals surface area contributed by atoms with Crippen LogP contribution < -0.4 is 5.73 Å². The fraction of sp³-hybridized carbons (Fsp3) is 0.625. The molecule has 2 fully saturated rings. The van der Waals surface area contributed by atoms with Crippen LogP contribution in [0.4, 0.5) is 0 Å². The Labute approximate surface area is 110 Å². The van der Waals surface area contributed by atoms with Crippen LogP contribution in [0, 0.1) is 5.41 Å². The SMILES string of the molecule is CC1N(Cc2ccccc2)CC(N)C12CCCC2. The Hall–Kier alpha value is -0.860. The molecule has 2 nitrogen and oxygen atoms in total. The van der Waals surface area contributed by atoms with Crippen molar-refractivity contribution in [3.8, 4) is 0 Å². The minimum atomic E-state index is 0.374. The van der Waals surface area contributed by atoms with Gasteiger partial charge in [-0.1, -0.05) is 43.2 Å². The van der Waals surface area contributed by atoms with E-state index in [0.29, 0.717) is 17.5 Å². The van der Waals surface area contributed by atoms with E-state index < -0.39 is 0 Å². The lowest BCUT2D eigenvalue weighted by molar-refractivity contribution is 0.161. The maximum atomic E-state index is 6.47. The molecule has 3 rings (SSSR count). The lowest BCUT2D eigenvalue weighted by atomic mass is 9.76. The summed E-state index contributed by atoms with van der Waals surface area (Å²) in [5, 5.41) is 0. The lowest BCUT2D eigenvalue weighted by Gasteiger charge is -2.34. The van der Waals surface area contributed by atoms with Gasteiger partial charge in [-0.3, -0.25) is 4.90 Å². The van der Waals surface area contributed by atoms with Crippen molar-refractivity contribution in [2.45, 2.75) is 51.2 Å². The molecule has 1 saturated heterocycles. The molecule has 1 spiro atoms. The Morgan fingerprint density at radius 1 is 1.22 bits per heavy atom. The van der Waals surface area contributed by atoms with Crippen molar-refractivity contribution >= 4 is 0 Å². The molecule has 2 unspecified atom stereocenters. The number of rotatable bonds is 2. The molecular formula is C16H24N2. The van der Waals surface area contributed by atoms with E-state index in [9.17, 15) is 0 Å². The van der Waals surface area contributed by atoms with Crippen molar-refractivity contribution < 1.29 is 0 Å². The number of nitrogens with zero attached hydrogens (tertiary/aromatic N) is 1. The summed E-state index contributed by atoms with van der Waals surface area (Å²) >= 11 is 0. The summed E-state index contributed by atoms with van der Waals surface area (Å²) in [6, 6.07) is 11.8. The van der Waals surface area contributed by atoms with Crippen LogP contribution in [0.1, 0.15) is 38.2 Å². The molecule has 2 N–H and O–H groups in total. The summed E-state index contributed by atoms with van der Waals surface area (Å²) in [7, 11) is 0. The van der Waals surface area contributed by atoms with Crippen molar-refractivity contribution in [1.29, 1.82) is 0 Å². The first kappa shape index (κ1) is 12.2. The van der Waals surface area contributed by atoms with Gasteiger partial charge < -0.3 is 5.73 Å². The predicted molar refractivity (Wildman–Crippen MR) is 75.2 cm³/mol. The molecule has 1 heterocycles. The van der Waals surface area contributed by atoms with E-state index in [4.69, 9.17) is 5.73 Å². The van der Waals surface area contributed by atoms with E-state index >= 15 is 0 Å². The highest BCUT2D eigenvalue weighted by atomic mass is 15.2. The molecule has 0 radical (unpaired) electrons. The maximum absolute atomic E-state index is 6.47. The molecule has 2 aliphatic rings. The van der Waals surface area contributed by atoms with Crippen LogP contribution in [-0.4, -0.2) is 23.5 Å². The Kier molecular flexibility index (Phi) is 3.16. The summed E-state index contributed by atoms with van der Waals surface area (Å²) in [5.74, 6) is 0. The molecular weight excluding hydrogens is 220 g/mol. The minimum absolute atomic E-state index is 0.374. The van der Waals surface area contributed by atoms with E-state index in [1.165, 1.54) is 31.2 Å². The van der Waals surface area contributed by atoms with Crippen LogP contribution in [0.3, 0.4) is 0 Å². The first-order chi connectivity index (χ1) is 8.72. The first-order valence-electron chi connectivity index (χ1n) is 7.26. The van der Waals surface area contributed by atoms with Gasteiger partial charge in [0.05, 0.1) is 0 Å². The Bertz CT molecular complexity index is 395. The quantitative estimate of drug-likeness (QED) is 0.867. The Balaban J connectivity index is 1.75. The number of likely N-dealkylation sites (tertiary alicyclic amines) is 1. The Morgan fingerprint density at radius 2 is 1.89 bits per heavy atom. The summed E-state index contributed by atoms with van der Waals surface area (Å²) in [6.07, 6.45) is 5.41. The van der Waals surface area contributed by atoms with Crippen molar-refractivity contribution in [2.75, 3.05) is 6.54 Å². The highest BCUT2D eigenvalue weighted by Gasteiger charge is 2.51. The zero-order chi connectivity index (χ0) is 12.6. The standard InChI is InChI=1S/C16H24N2/c1-13-16(9-5-6-10-16)15(17)12-18(13)11-14-7-3-2-4-8-14/h2-4,7-8,13,15H,5-6,9-12,17H2,1H3. The zero-order valence-corrected chi connectivity index (χ0v) is 11.3. The summed E-state index contributed by atoms with van der Waals surface area (Å²) in [6.45, 7) is 4.51. The summed E-state index contributed by atoms with van der Waals surface area (Å²) < 4.78 is 0. The molecule has 0 bridgehead atoms. The number of nitrogens with two attached hydrogens (primary N) is 1. The van der Waals surface area contributed by atoms with Gasteiger partial charge in [0.15, 0.2) is 0 Å². The fourth-order valence-electron chi connectivity index (χ4n) is 4.11. The molecule has 1 aliphatic heterocycles. The smallest absolute Gasteiger partial charge is 0.0240 e. The molecule has 0 aromatic heterocycles. The third-order valence-electron chi connectivity index (χ3n) is 5.31. The molecule has 18 heavy (non-hydrogen) atoms. The van der Waals surface area contributed by atoms with Gasteiger partial charge in [0.25, 0.3) is 0 Å². The minimum Gasteiger partial charge on any atom is -0.326 e. The largest absolute Gasteiger partial charge is 0.326 e. The number of hydrogen-bond acceptors (Lipinski definition) is 2. The second-order valence-corrected chi connectivity index (χ2v) is 6.14. The van der Waals surface area contributed by atoms with Crippen LogP contribution in [-0.2, 0) is 6.54 Å². The molecule has 0 amide bonds. The van der Waals surface area contributed by atoms with E-state index in [-0.39, 0.29) is 0 Å². The van der Waals surface area contributed by atoms with Crippen molar-refractivity contribution in [1.82, 2.24) is 4.90 Å². The fourth-order valence-corrected chi connectivity index (χ4v) is 4.11. The lowest BCUT2D eigenvalue weighted by Crippen LogP contribution is -2.42. The van der Waals surface area contributed by atoms with Crippen LogP contribution in [0.5, 0.6) is 0 Å². The predicted octanol–water partition coefficient (Wildman–Crippen LogP) is 2.78. The molecule has 2 atom stereocenters. The van der Waals surface area contributed by atoms with Gasteiger partial charge in [0.2, 0.25) is 0 Å². The topological polar surface area (TPSA) is 29.3 Å². The third kappa shape index (κ3) is 1.88. The average molecular weight is 244 g/mol.